The maximum Gasteiger partial charge on any atom is 0.0506 e. The molecule has 1 unspecified atom stereocenters. The Bertz CT molecular complexity index is 79.3. The van der Waals surface area contributed by atoms with E-state index in [1.54, 1.807) is 0 Å². The molecule has 0 bridgehead atoms. The number of nitrogens with zero attached hydrogens (tertiary/aromatic N) is 1. The van der Waals surface area contributed by atoms with Crippen LogP contribution in [-0.4, -0.2) is 26.3 Å². The normalized spacial score (nSPS) is 26.7. The minimum Gasteiger partial charge on any atom is -0.381 e. The molecule has 0 aliphatic carbocycles. The third kappa shape index (κ3) is 2.67. The van der Waals surface area contributed by atoms with Gasteiger partial charge in [0.1, 0.15) is 0 Å². The van der Waals surface area contributed by atoms with Gasteiger partial charge in [-0.2, -0.15) is 0 Å². The van der Waals surface area contributed by atoms with Crippen LogP contribution >= 0.6 is 0 Å². The Morgan fingerprint density at radius 3 is 3.10 bits per heavy atom. The molecule has 1 rings (SSSR count). The monoisotopic (exact) mass is 142 g/mol. The summed E-state index contributed by atoms with van der Waals surface area (Å²) in [6, 6.07) is 0. The summed E-state index contributed by atoms with van der Waals surface area (Å²) in [7, 11) is 0. The number of ether oxygens (including phenoxy) is 1. The molecule has 0 N–H and O–H groups in total. The smallest absolute Gasteiger partial charge is 0.0506 e. The first-order chi connectivity index (χ1) is 4.93. The van der Waals surface area contributed by atoms with E-state index in [9.17, 15) is 0 Å². The lowest BCUT2D eigenvalue weighted by Gasteiger charge is -2.20. The lowest BCUT2D eigenvalue weighted by molar-refractivity contribution is 0.0992. The van der Waals surface area contributed by atoms with Crippen LogP contribution in [0.25, 0.3) is 0 Å². The van der Waals surface area contributed by atoms with Crippen molar-refractivity contribution in [3.05, 3.63) is 0 Å². The number of piperidine rings is 1. The third-order valence-electron chi connectivity index (χ3n) is 1.87. The van der Waals surface area contributed by atoms with Crippen LogP contribution in [0.15, 0.2) is 0 Å². The fourth-order valence-corrected chi connectivity index (χ4v) is 1.28. The van der Waals surface area contributed by atoms with Gasteiger partial charge in [0.15, 0.2) is 0 Å². The van der Waals surface area contributed by atoms with E-state index in [0.717, 1.165) is 26.3 Å². The van der Waals surface area contributed by atoms with Crippen LogP contribution < -0.4 is 5.32 Å². The van der Waals surface area contributed by atoms with E-state index >= 15 is 0 Å². The summed E-state index contributed by atoms with van der Waals surface area (Å²) in [5.74, 6) is 0.716. The van der Waals surface area contributed by atoms with Crippen molar-refractivity contribution in [1.29, 1.82) is 0 Å². The average Bonchev–Trinajstić information content (AvgIpc) is 2.03. The van der Waals surface area contributed by atoms with Crippen molar-refractivity contribution in [3.8, 4) is 0 Å². The first-order valence-electron chi connectivity index (χ1n) is 4.14. The van der Waals surface area contributed by atoms with Gasteiger partial charge < -0.3 is 4.74 Å². The largest absolute Gasteiger partial charge is 0.381 e. The fourth-order valence-electron chi connectivity index (χ4n) is 1.28. The summed E-state index contributed by atoms with van der Waals surface area (Å²) in [5.41, 5.74) is 0. The minimum absolute atomic E-state index is 0.716. The van der Waals surface area contributed by atoms with Crippen LogP contribution in [0.3, 0.4) is 0 Å². The van der Waals surface area contributed by atoms with E-state index in [4.69, 9.17) is 4.74 Å². The Labute approximate surface area is 63.0 Å². The van der Waals surface area contributed by atoms with E-state index < -0.39 is 0 Å². The van der Waals surface area contributed by atoms with Gasteiger partial charge in [-0.15, -0.1) is 0 Å². The van der Waals surface area contributed by atoms with Gasteiger partial charge in [0, 0.05) is 19.7 Å². The molecule has 1 atom stereocenters. The van der Waals surface area contributed by atoms with Crippen molar-refractivity contribution in [3.63, 3.8) is 0 Å². The van der Waals surface area contributed by atoms with Crippen LogP contribution in [0.1, 0.15) is 19.8 Å². The second-order valence-corrected chi connectivity index (χ2v) is 2.80. The van der Waals surface area contributed by atoms with Crippen LogP contribution in [-0.2, 0) is 4.74 Å². The zero-order valence-electron chi connectivity index (χ0n) is 6.68. The number of hydrogen-bond donors (Lipinski definition) is 0. The Morgan fingerprint density at radius 1 is 1.60 bits per heavy atom. The zero-order valence-corrected chi connectivity index (χ0v) is 6.68. The summed E-state index contributed by atoms with van der Waals surface area (Å²) < 4.78 is 5.31. The molecule has 0 aromatic rings. The highest BCUT2D eigenvalue weighted by Gasteiger charge is 2.12. The molecule has 1 aliphatic heterocycles. The van der Waals surface area contributed by atoms with Crippen LogP contribution in [0.2, 0.25) is 0 Å². The lowest BCUT2D eigenvalue weighted by Crippen LogP contribution is -2.27. The Balaban J connectivity index is 2.02. The van der Waals surface area contributed by atoms with Gasteiger partial charge in [0.25, 0.3) is 0 Å². The highest BCUT2D eigenvalue weighted by molar-refractivity contribution is 4.67. The lowest BCUT2D eigenvalue weighted by atomic mass is 10.0. The fraction of sp³-hybridized carbons (Fsp3) is 1.00. The van der Waals surface area contributed by atoms with Crippen molar-refractivity contribution < 1.29 is 4.74 Å². The van der Waals surface area contributed by atoms with Gasteiger partial charge in [0.2, 0.25) is 0 Å². The zero-order chi connectivity index (χ0) is 7.23. The molecule has 0 saturated carbocycles. The summed E-state index contributed by atoms with van der Waals surface area (Å²) in [4.78, 5) is 0. The van der Waals surface area contributed by atoms with Crippen molar-refractivity contribution in [2.75, 3.05) is 26.3 Å². The number of hydrogen-bond acceptors (Lipinski definition) is 1. The molecule has 0 amide bonds. The molecule has 1 aliphatic rings. The van der Waals surface area contributed by atoms with E-state index in [-0.39, 0.29) is 0 Å². The van der Waals surface area contributed by atoms with Crippen LogP contribution in [0.5, 0.6) is 0 Å². The molecule has 0 spiro atoms. The third-order valence-corrected chi connectivity index (χ3v) is 1.87. The van der Waals surface area contributed by atoms with E-state index in [0.29, 0.717) is 5.92 Å². The molecule has 0 aromatic carbocycles. The molecular formula is C8H16NO. The molecular weight excluding hydrogens is 126 g/mol. The summed E-state index contributed by atoms with van der Waals surface area (Å²) in [6.07, 6.45) is 2.57. The Kier molecular flexibility index (Phi) is 3.76. The molecule has 1 heterocycles. The van der Waals surface area contributed by atoms with Crippen LogP contribution in [0, 0.1) is 5.92 Å². The highest BCUT2D eigenvalue weighted by atomic mass is 16.5. The van der Waals surface area contributed by atoms with Gasteiger partial charge >= 0.3 is 0 Å². The first kappa shape index (κ1) is 8.02. The van der Waals surface area contributed by atoms with Gasteiger partial charge in [0.05, 0.1) is 6.61 Å². The summed E-state index contributed by atoms with van der Waals surface area (Å²) >= 11 is 0. The van der Waals surface area contributed by atoms with Crippen molar-refractivity contribution in [1.82, 2.24) is 5.32 Å². The number of rotatable bonds is 3. The van der Waals surface area contributed by atoms with Gasteiger partial charge in [-0.3, -0.25) is 0 Å². The second kappa shape index (κ2) is 4.69. The topological polar surface area (TPSA) is 23.3 Å². The Morgan fingerprint density at radius 2 is 2.50 bits per heavy atom. The molecule has 1 fully saturated rings. The van der Waals surface area contributed by atoms with Crippen molar-refractivity contribution in [2.24, 2.45) is 5.92 Å². The standard InChI is InChI=1S/C8H16NO/c1-2-10-7-8-4-3-5-9-6-8/h8H,2-7H2,1H3. The maximum absolute atomic E-state index is 5.31. The van der Waals surface area contributed by atoms with E-state index in [1.165, 1.54) is 12.8 Å². The highest BCUT2D eigenvalue weighted by Crippen LogP contribution is 2.10. The molecule has 10 heavy (non-hydrogen) atoms. The molecule has 2 heteroatoms. The molecule has 0 aromatic heterocycles. The molecule has 1 radical (unpaired) electrons. The van der Waals surface area contributed by atoms with Crippen LogP contribution in [0.4, 0.5) is 0 Å². The molecule has 1 saturated heterocycles. The van der Waals surface area contributed by atoms with Gasteiger partial charge in [-0.05, 0) is 25.7 Å². The SMILES string of the molecule is CCOCC1CCC[N]C1. The molecule has 59 valence electrons. The maximum atomic E-state index is 5.31. The summed E-state index contributed by atoms with van der Waals surface area (Å²) in [6.45, 7) is 5.90. The molecule has 2 nitrogen and oxygen atoms in total. The van der Waals surface area contributed by atoms with Gasteiger partial charge in [-0.25, -0.2) is 5.32 Å². The van der Waals surface area contributed by atoms with E-state index in [1.807, 2.05) is 6.92 Å². The van der Waals surface area contributed by atoms with E-state index in [2.05, 4.69) is 5.32 Å². The average molecular weight is 142 g/mol. The predicted octanol–water partition coefficient (Wildman–Crippen LogP) is 1.04. The first-order valence-corrected chi connectivity index (χ1v) is 4.14. The van der Waals surface area contributed by atoms with Crippen molar-refractivity contribution in [2.45, 2.75) is 19.8 Å². The van der Waals surface area contributed by atoms with Crippen molar-refractivity contribution >= 4 is 0 Å². The van der Waals surface area contributed by atoms with Gasteiger partial charge in [-0.1, -0.05) is 0 Å². The minimum atomic E-state index is 0.716. The second-order valence-electron chi connectivity index (χ2n) is 2.80. The predicted molar refractivity (Wildman–Crippen MR) is 41.1 cm³/mol. The Hall–Kier alpha value is -0.0800. The quantitative estimate of drug-likeness (QED) is 0.577. The summed E-state index contributed by atoms with van der Waals surface area (Å²) in [5, 5.41) is 4.33.